The molecule has 7 nitrogen and oxygen atoms in total. The molecule has 3 aromatic rings. The molecule has 0 saturated carbocycles. The van der Waals surface area contributed by atoms with Crippen molar-refractivity contribution in [2.75, 3.05) is 5.32 Å². The van der Waals surface area contributed by atoms with E-state index in [9.17, 15) is 14.4 Å². The summed E-state index contributed by atoms with van der Waals surface area (Å²) in [6, 6.07) is 11.2. The van der Waals surface area contributed by atoms with Crippen LogP contribution in [0, 0.1) is 0 Å². The maximum absolute atomic E-state index is 12.8. The number of furan rings is 1. The lowest BCUT2D eigenvalue weighted by Gasteiger charge is -2.11. The lowest BCUT2D eigenvalue weighted by molar-refractivity contribution is 0.104. The molecule has 1 aliphatic rings. The summed E-state index contributed by atoms with van der Waals surface area (Å²) in [6.45, 7) is 2.32. The molecule has 0 fully saturated rings. The number of carbonyl (C=O) groups excluding carboxylic acids is 1. The predicted molar refractivity (Wildman–Crippen MR) is 114 cm³/mol. The molecule has 0 unspecified atom stereocenters. The lowest BCUT2D eigenvalue weighted by Crippen LogP contribution is -2.40. The number of halogens is 1. The molecule has 0 radical (unpaired) electrons. The van der Waals surface area contributed by atoms with Crippen LogP contribution in [0.15, 0.2) is 60.6 Å². The summed E-state index contributed by atoms with van der Waals surface area (Å²) < 4.78 is 9.19. The molecule has 0 bridgehead atoms. The van der Waals surface area contributed by atoms with E-state index in [2.05, 4.69) is 21.2 Å². The van der Waals surface area contributed by atoms with Crippen LogP contribution in [0.3, 0.4) is 0 Å². The summed E-state index contributed by atoms with van der Waals surface area (Å²) in [5.74, 6) is 0.918. The molecule has 0 saturated heterocycles. The van der Waals surface area contributed by atoms with Gasteiger partial charge in [-0.15, -0.1) is 0 Å². The van der Waals surface area contributed by atoms with Gasteiger partial charge in [-0.25, -0.2) is 4.79 Å². The summed E-state index contributed by atoms with van der Waals surface area (Å²) in [7, 11) is 1.38. The van der Waals surface area contributed by atoms with Crippen molar-refractivity contribution in [1.82, 2.24) is 9.13 Å². The first kappa shape index (κ1) is 19.2. The fourth-order valence-corrected chi connectivity index (χ4v) is 3.56. The molecule has 4 rings (SSSR count). The van der Waals surface area contributed by atoms with Gasteiger partial charge >= 0.3 is 5.69 Å². The van der Waals surface area contributed by atoms with Gasteiger partial charge in [-0.05, 0) is 30.7 Å². The van der Waals surface area contributed by atoms with E-state index in [-0.39, 0.29) is 17.1 Å². The van der Waals surface area contributed by atoms with E-state index in [4.69, 9.17) is 4.42 Å². The van der Waals surface area contributed by atoms with Gasteiger partial charge in [0.05, 0.1) is 5.70 Å². The van der Waals surface area contributed by atoms with Crippen LogP contribution in [0.25, 0.3) is 17.4 Å². The quantitative estimate of drug-likeness (QED) is 0.606. The number of hydrogen-bond acceptors (Lipinski definition) is 5. The van der Waals surface area contributed by atoms with Crippen molar-refractivity contribution >= 4 is 33.6 Å². The van der Waals surface area contributed by atoms with Crippen LogP contribution >= 0.6 is 15.9 Å². The van der Waals surface area contributed by atoms with Gasteiger partial charge in [-0.1, -0.05) is 35.0 Å². The van der Waals surface area contributed by atoms with Crippen molar-refractivity contribution in [2.45, 2.75) is 19.9 Å². The molecule has 148 valence electrons. The highest BCUT2D eigenvalue weighted by Crippen LogP contribution is 2.28. The predicted octanol–water partition coefficient (Wildman–Crippen LogP) is 3.63. The van der Waals surface area contributed by atoms with Crippen LogP contribution in [-0.4, -0.2) is 14.9 Å². The summed E-state index contributed by atoms with van der Waals surface area (Å²) in [5.41, 5.74) is 0.0224. The Hall–Kier alpha value is -3.13. The monoisotopic (exact) mass is 455 g/mol. The molecule has 0 atom stereocenters. The molecule has 0 spiro atoms. The maximum atomic E-state index is 12.8. The minimum atomic E-state index is -0.603. The highest BCUT2D eigenvalue weighted by Gasteiger charge is 2.32. The van der Waals surface area contributed by atoms with Crippen LogP contribution in [0.5, 0.6) is 0 Å². The molecule has 1 aromatic carbocycles. The van der Waals surface area contributed by atoms with Gasteiger partial charge in [-0.2, -0.15) is 0 Å². The van der Waals surface area contributed by atoms with Gasteiger partial charge in [0, 0.05) is 29.7 Å². The minimum Gasteiger partial charge on any atom is -0.457 e. The first-order chi connectivity index (χ1) is 13.9. The van der Waals surface area contributed by atoms with Crippen molar-refractivity contribution in [1.29, 1.82) is 0 Å². The first-order valence-electron chi connectivity index (χ1n) is 9.13. The van der Waals surface area contributed by atoms with E-state index in [0.717, 1.165) is 14.6 Å². The Morgan fingerprint density at radius 2 is 1.83 bits per heavy atom. The second-order valence-corrected chi connectivity index (χ2v) is 7.66. The second-order valence-electron chi connectivity index (χ2n) is 6.74. The number of nitrogens with zero attached hydrogens (tertiary/aromatic N) is 2. The van der Waals surface area contributed by atoms with Gasteiger partial charge in [0.2, 0.25) is 5.78 Å². The number of aromatic nitrogens is 2. The van der Waals surface area contributed by atoms with Crippen molar-refractivity contribution in [3.05, 3.63) is 78.7 Å². The third kappa shape index (κ3) is 3.29. The van der Waals surface area contributed by atoms with Gasteiger partial charge in [0.1, 0.15) is 22.9 Å². The van der Waals surface area contributed by atoms with Gasteiger partial charge < -0.3 is 9.73 Å². The Kier molecular flexibility index (Phi) is 4.87. The Balaban J connectivity index is 1.73. The van der Waals surface area contributed by atoms with Crippen molar-refractivity contribution in [2.24, 2.45) is 7.05 Å². The van der Waals surface area contributed by atoms with Crippen molar-refractivity contribution in [3.63, 3.8) is 0 Å². The van der Waals surface area contributed by atoms with Crippen molar-refractivity contribution in [3.8, 4) is 11.3 Å². The van der Waals surface area contributed by atoms with E-state index < -0.39 is 17.0 Å². The number of anilines is 1. The number of benzene rings is 1. The Morgan fingerprint density at radius 1 is 1.10 bits per heavy atom. The fraction of sp³-hybridized carbons (Fsp3) is 0.190. The highest BCUT2D eigenvalue weighted by molar-refractivity contribution is 9.10. The number of ketones is 1. The zero-order valence-electron chi connectivity index (χ0n) is 15.9. The Labute approximate surface area is 174 Å². The summed E-state index contributed by atoms with van der Waals surface area (Å²) >= 11 is 3.40. The van der Waals surface area contributed by atoms with Gasteiger partial charge in [-0.3, -0.25) is 18.7 Å². The van der Waals surface area contributed by atoms with E-state index in [0.29, 0.717) is 24.5 Å². The van der Waals surface area contributed by atoms with Crippen LogP contribution < -0.4 is 16.6 Å². The number of allylic oxidation sites excluding steroid dienone is 1. The number of fused-ring (bicyclic) bond motifs is 1. The first-order valence-corrected chi connectivity index (χ1v) is 9.93. The number of Topliss-reactive ketones (excluding diaryl/α,β-unsaturated/α-hetero) is 1. The zero-order valence-corrected chi connectivity index (χ0v) is 17.4. The average molecular weight is 456 g/mol. The van der Waals surface area contributed by atoms with Crippen LogP contribution in [0.1, 0.15) is 29.5 Å². The van der Waals surface area contributed by atoms with Gasteiger partial charge in [0.25, 0.3) is 5.56 Å². The standard InChI is InChI=1S/C21H18BrN3O4/c1-3-10-25-19-17(20(27)24(2)21(25)28)18(26)15(23-19)11-14-8-9-16(29-14)12-4-6-13(22)7-5-12/h4-9,11,23H,3,10H2,1-2H3. The molecule has 29 heavy (non-hydrogen) atoms. The van der Waals surface area contributed by atoms with E-state index >= 15 is 0 Å². The van der Waals surface area contributed by atoms with Crippen LogP contribution in [0.4, 0.5) is 5.82 Å². The van der Waals surface area contributed by atoms with Crippen molar-refractivity contribution < 1.29 is 9.21 Å². The zero-order chi connectivity index (χ0) is 20.7. The van der Waals surface area contributed by atoms with Crippen LogP contribution in [0.2, 0.25) is 0 Å². The number of rotatable bonds is 4. The maximum Gasteiger partial charge on any atom is 0.332 e. The smallest absolute Gasteiger partial charge is 0.332 e. The third-order valence-electron chi connectivity index (χ3n) is 4.76. The lowest BCUT2D eigenvalue weighted by atomic mass is 10.2. The number of carbonyl (C=O) groups is 1. The summed E-state index contributed by atoms with van der Waals surface area (Å²) in [6.07, 6.45) is 2.24. The molecular weight excluding hydrogens is 438 g/mol. The topological polar surface area (TPSA) is 86.2 Å². The average Bonchev–Trinajstić information content (AvgIpc) is 3.29. The largest absolute Gasteiger partial charge is 0.457 e. The summed E-state index contributed by atoms with van der Waals surface area (Å²) in [4.78, 5) is 37.8. The number of nitrogens with one attached hydrogen (secondary N) is 1. The molecule has 1 N–H and O–H groups in total. The Bertz CT molecular complexity index is 1260. The molecule has 8 heteroatoms. The molecule has 0 amide bonds. The number of hydrogen-bond donors (Lipinski definition) is 1. The molecule has 3 heterocycles. The van der Waals surface area contributed by atoms with Crippen LogP contribution in [-0.2, 0) is 13.6 Å². The Morgan fingerprint density at radius 3 is 2.52 bits per heavy atom. The molecular formula is C21H18BrN3O4. The van der Waals surface area contributed by atoms with E-state index in [1.165, 1.54) is 11.6 Å². The fourth-order valence-electron chi connectivity index (χ4n) is 3.30. The molecule has 2 aromatic heterocycles. The van der Waals surface area contributed by atoms with E-state index in [1.54, 1.807) is 12.1 Å². The second kappa shape index (κ2) is 7.36. The molecule has 1 aliphatic heterocycles. The highest BCUT2D eigenvalue weighted by atomic mass is 79.9. The minimum absolute atomic E-state index is 0.0218. The summed E-state index contributed by atoms with van der Waals surface area (Å²) in [5, 5.41) is 2.95. The third-order valence-corrected chi connectivity index (χ3v) is 5.29. The molecule has 0 aliphatic carbocycles. The van der Waals surface area contributed by atoms with Gasteiger partial charge in [0.15, 0.2) is 0 Å². The normalized spacial score (nSPS) is 14.3. The van der Waals surface area contributed by atoms with E-state index in [1.807, 2.05) is 37.3 Å². The SMILES string of the molecule is CCCn1c2c(c(=O)n(C)c1=O)C(=O)C(=Cc1ccc(-c3ccc(Br)cc3)o1)N2.